The number of hydrazine groups is 1. The second kappa shape index (κ2) is 8.35. The quantitative estimate of drug-likeness (QED) is 0.631. The Morgan fingerprint density at radius 1 is 0.962 bits per heavy atom. The van der Waals surface area contributed by atoms with Gasteiger partial charge in [0.15, 0.2) is 6.61 Å². The molecule has 0 aliphatic carbocycles. The van der Waals surface area contributed by atoms with Gasteiger partial charge in [-0.3, -0.25) is 20.4 Å². The Kier molecular flexibility index (Phi) is 5.70. The molecule has 3 rings (SSSR count). The van der Waals surface area contributed by atoms with Gasteiger partial charge in [0.25, 0.3) is 11.8 Å². The summed E-state index contributed by atoms with van der Waals surface area (Å²) < 4.78 is 8.05. The summed E-state index contributed by atoms with van der Waals surface area (Å²) in [5.41, 5.74) is 5.92. The van der Waals surface area contributed by atoms with Crippen molar-refractivity contribution in [2.75, 3.05) is 6.61 Å². The van der Waals surface area contributed by atoms with E-state index in [9.17, 15) is 9.59 Å². The minimum atomic E-state index is -0.461. The Morgan fingerprint density at radius 2 is 1.73 bits per heavy atom. The number of ether oxygens (including phenoxy) is 1. The zero-order valence-electron chi connectivity index (χ0n) is 13.7. The van der Waals surface area contributed by atoms with Crippen LogP contribution in [0.4, 0.5) is 0 Å². The van der Waals surface area contributed by atoms with Crippen LogP contribution in [0.2, 0.25) is 0 Å². The predicted molar refractivity (Wildman–Crippen MR) is 101 cm³/mol. The Morgan fingerprint density at radius 3 is 2.50 bits per heavy atom. The van der Waals surface area contributed by atoms with E-state index in [2.05, 4.69) is 26.8 Å². The number of amides is 2. The normalized spacial score (nSPS) is 10.2. The van der Waals surface area contributed by atoms with E-state index in [1.54, 1.807) is 30.3 Å². The fourth-order valence-corrected chi connectivity index (χ4v) is 2.70. The predicted octanol–water partition coefficient (Wildman–Crippen LogP) is 3.08. The van der Waals surface area contributed by atoms with Crippen molar-refractivity contribution in [1.29, 1.82) is 0 Å². The van der Waals surface area contributed by atoms with Crippen LogP contribution in [-0.4, -0.2) is 23.0 Å². The monoisotopic (exact) mass is 413 g/mol. The molecule has 0 aliphatic heterocycles. The van der Waals surface area contributed by atoms with Gasteiger partial charge in [-0.2, -0.15) is 0 Å². The van der Waals surface area contributed by atoms with Crippen molar-refractivity contribution in [2.45, 2.75) is 0 Å². The molecular formula is C19H16BrN3O3. The van der Waals surface area contributed by atoms with Crippen LogP contribution < -0.4 is 15.6 Å². The van der Waals surface area contributed by atoms with Gasteiger partial charge < -0.3 is 9.30 Å². The van der Waals surface area contributed by atoms with Crippen molar-refractivity contribution < 1.29 is 14.3 Å². The zero-order chi connectivity index (χ0) is 18.4. The lowest BCUT2D eigenvalue weighted by Crippen LogP contribution is -2.44. The second-order valence-corrected chi connectivity index (χ2v) is 6.27. The number of hydrogen-bond acceptors (Lipinski definition) is 3. The van der Waals surface area contributed by atoms with Crippen LogP contribution >= 0.6 is 15.9 Å². The van der Waals surface area contributed by atoms with Gasteiger partial charge in [0.2, 0.25) is 0 Å². The Hall–Kier alpha value is -3.06. The topological polar surface area (TPSA) is 72.4 Å². The van der Waals surface area contributed by atoms with Crippen LogP contribution in [0.5, 0.6) is 5.75 Å². The molecule has 0 unspecified atom stereocenters. The highest BCUT2D eigenvalue weighted by Crippen LogP contribution is 2.17. The summed E-state index contributed by atoms with van der Waals surface area (Å²) in [6, 6.07) is 18.0. The molecule has 1 aromatic heterocycles. The van der Waals surface area contributed by atoms with Crippen molar-refractivity contribution >= 4 is 27.7 Å². The second-order valence-electron chi connectivity index (χ2n) is 5.36. The highest BCUT2D eigenvalue weighted by molar-refractivity contribution is 9.10. The minimum absolute atomic E-state index is 0.212. The number of halogens is 1. The van der Waals surface area contributed by atoms with Crippen molar-refractivity contribution in [3.63, 3.8) is 0 Å². The molecule has 2 amide bonds. The smallest absolute Gasteiger partial charge is 0.276 e. The summed E-state index contributed by atoms with van der Waals surface area (Å²) in [5.74, 6) is -0.319. The van der Waals surface area contributed by atoms with E-state index in [0.717, 1.165) is 10.2 Å². The van der Waals surface area contributed by atoms with Gasteiger partial charge in [0, 0.05) is 16.9 Å². The van der Waals surface area contributed by atoms with Gasteiger partial charge in [0.05, 0.1) is 11.3 Å². The molecule has 7 heteroatoms. The molecule has 2 aromatic carbocycles. The first-order valence-electron chi connectivity index (χ1n) is 7.83. The number of rotatable bonds is 5. The van der Waals surface area contributed by atoms with Crippen LogP contribution in [0.25, 0.3) is 5.69 Å². The average Bonchev–Trinajstić information content (AvgIpc) is 3.19. The van der Waals surface area contributed by atoms with E-state index < -0.39 is 11.8 Å². The standard InChI is InChI=1S/C19H16BrN3O3/c20-14-6-5-7-15(12-14)26-13-18(24)21-22-19(25)16-8-1-2-9-17(16)23-10-3-4-11-23/h1-12H,13H2,(H,21,24)(H,22,25). The Bertz CT molecular complexity index is 910. The lowest BCUT2D eigenvalue weighted by molar-refractivity contribution is -0.123. The number of hydrogen-bond donors (Lipinski definition) is 2. The molecule has 1 heterocycles. The number of para-hydroxylation sites is 1. The number of benzene rings is 2. The molecule has 3 aromatic rings. The van der Waals surface area contributed by atoms with E-state index in [1.807, 2.05) is 47.3 Å². The number of nitrogens with zero attached hydrogens (tertiary/aromatic N) is 1. The van der Waals surface area contributed by atoms with Crippen LogP contribution in [0.3, 0.4) is 0 Å². The van der Waals surface area contributed by atoms with Crippen molar-refractivity contribution in [3.8, 4) is 11.4 Å². The molecule has 2 N–H and O–H groups in total. The lowest BCUT2D eigenvalue weighted by atomic mass is 10.1. The lowest BCUT2D eigenvalue weighted by Gasteiger charge is -2.12. The molecular weight excluding hydrogens is 398 g/mol. The maximum Gasteiger partial charge on any atom is 0.276 e. The molecule has 0 radical (unpaired) electrons. The first kappa shape index (κ1) is 17.8. The maximum absolute atomic E-state index is 12.4. The molecule has 0 saturated heterocycles. The van der Waals surface area contributed by atoms with E-state index in [-0.39, 0.29) is 6.61 Å². The minimum Gasteiger partial charge on any atom is -0.484 e. The van der Waals surface area contributed by atoms with Gasteiger partial charge in [-0.1, -0.05) is 34.1 Å². The van der Waals surface area contributed by atoms with Crippen molar-refractivity contribution in [2.24, 2.45) is 0 Å². The third-order valence-electron chi connectivity index (χ3n) is 3.51. The first-order valence-corrected chi connectivity index (χ1v) is 8.63. The fraction of sp³-hybridized carbons (Fsp3) is 0.0526. The molecule has 0 bridgehead atoms. The third kappa shape index (κ3) is 4.52. The molecule has 0 saturated carbocycles. The summed E-state index contributed by atoms with van der Waals surface area (Å²) in [5, 5.41) is 0. The molecule has 0 fully saturated rings. The van der Waals surface area contributed by atoms with Crippen LogP contribution in [0.1, 0.15) is 10.4 Å². The SMILES string of the molecule is O=C(COc1cccc(Br)c1)NNC(=O)c1ccccc1-n1cccc1. The van der Waals surface area contributed by atoms with Gasteiger partial charge in [-0.15, -0.1) is 0 Å². The summed E-state index contributed by atoms with van der Waals surface area (Å²) in [6.45, 7) is -0.212. The number of aromatic nitrogens is 1. The summed E-state index contributed by atoms with van der Waals surface area (Å²) in [6.07, 6.45) is 3.69. The maximum atomic E-state index is 12.4. The van der Waals surface area contributed by atoms with Gasteiger partial charge in [0.1, 0.15) is 5.75 Å². The highest BCUT2D eigenvalue weighted by atomic mass is 79.9. The molecule has 0 atom stereocenters. The molecule has 26 heavy (non-hydrogen) atoms. The first-order chi connectivity index (χ1) is 12.6. The highest BCUT2D eigenvalue weighted by Gasteiger charge is 2.13. The van der Waals surface area contributed by atoms with Gasteiger partial charge in [-0.05, 0) is 42.5 Å². The molecule has 132 valence electrons. The number of nitrogens with one attached hydrogen (secondary N) is 2. The van der Waals surface area contributed by atoms with Crippen molar-refractivity contribution in [3.05, 3.63) is 83.1 Å². The van der Waals surface area contributed by atoms with E-state index in [0.29, 0.717) is 11.3 Å². The summed E-state index contributed by atoms with van der Waals surface area (Å²) in [4.78, 5) is 24.3. The molecule has 6 nitrogen and oxygen atoms in total. The summed E-state index contributed by atoms with van der Waals surface area (Å²) in [7, 11) is 0. The Labute approximate surface area is 158 Å². The summed E-state index contributed by atoms with van der Waals surface area (Å²) >= 11 is 3.33. The van der Waals surface area contributed by atoms with Crippen molar-refractivity contribution in [1.82, 2.24) is 15.4 Å². The largest absolute Gasteiger partial charge is 0.484 e. The van der Waals surface area contributed by atoms with Gasteiger partial charge in [-0.25, -0.2) is 0 Å². The Balaban J connectivity index is 1.57. The van der Waals surface area contributed by atoms with Crippen LogP contribution in [-0.2, 0) is 4.79 Å². The van der Waals surface area contributed by atoms with Gasteiger partial charge >= 0.3 is 0 Å². The zero-order valence-corrected chi connectivity index (χ0v) is 15.3. The number of carbonyl (C=O) groups excluding carboxylic acids is 2. The van der Waals surface area contributed by atoms with Crippen LogP contribution in [0, 0.1) is 0 Å². The fourth-order valence-electron chi connectivity index (χ4n) is 2.32. The van der Waals surface area contributed by atoms with Crippen LogP contribution in [0.15, 0.2) is 77.5 Å². The molecule has 0 spiro atoms. The third-order valence-corrected chi connectivity index (χ3v) is 4.01. The van der Waals surface area contributed by atoms with E-state index >= 15 is 0 Å². The average molecular weight is 414 g/mol. The number of carbonyl (C=O) groups is 2. The van der Waals surface area contributed by atoms with E-state index in [1.165, 1.54) is 0 Å². The van der Waals surface area contributed by atoms with E-state index in [4.69, 9.17) is 4.74 Å². The molecule has 0 aliphatic rings.